The van der Waals surface area contributed by atoms with Gasteiger partial charge in [0.05, 0.1) is 2.88 Å². The van der Waals surface area contributed by atoms with Gasteiger partial charge in [-0.15, -0.1) is 35.3 Å². The minimum Gasteiger partial charge on any atom is -0.385 e. The van der Waals surface area contributed by atoms with Crippen LogP contribution in [0.25, 0.3) is 0 Å². The van der Waals surface area contributed by atoms with E-state index >= 15 is 0 Å². The molecule has 0 aliphatic heterocycles. The van der Waals surface area contributed by atoms with Gasteiger partial charge < -0.3 is 15.4 Å². The highest BCUT2D eigenvalue weighted by molar-refractivity contribution is 14.1. The van der Waals surface area contributed by atoms with E-state index in [1.807, 2.05) is 11.3 Å². The van der Waals surface area contributed by atoms with Crippen LogP contribution in [0.15, 0.2) is 17.1 Å². The minimum absolute atomic E-state index is 0. The first kappa shape index (κ1) is 22.4. The highest BCUT2D eigenvalue weighted by Crippen LogP contribution is 2.44. The van der Waals surface area contributed by atoms with Crippen molar-refractivity contribution in [2.75, 3.05) is 33.4 Å². The van der Waals surface area contributed by atoms with Gasteiger partial charge in [-0.2, -0.15) is 0 Å². The van der Waals surface area contributed by atoms with Crippen molar-refractivity contribution < 1.29 is 4.74 Å². The van der Waals surface area contributed by atoms with E-state index < -0.39 is 0 Å². The lowest BCUT2D eigenvalue weighted by atomic mass is 9.67. The highest BCUT2D eigenvalue weighted by Gasteiger charge is 2.36. The molecule has 2 N–H and O–H groups in total. The van der Waals surface area contributed by atoms with Crippen LogP contribution in [-0.4, -0.2) is 39.3 Å². The van der Waals surface area contributed by atoms with Crippen LogP contribution in [0.5, 0.6) is 0 Å². The molecule has 2 rings (SSSR count). The van der Waals surface area contributed by atoms with E-state index in [0.717, 1.165) is 45.0 Å². The van der Waals surface area contributed by atoms with Crippen molar-refractivity contribution in [1.82, 2.24) is 10.6 Å². The molecule has 0 saturated heterocycles. The van der Waals surface area contributed by atoms with E-state index in [9.17, 15) is 0 Å². The quantitative estimate of drug-likeness (QED) is 0.262. The van der Waals surface area contributed by atoms with Crippen molar-refractivity contribution in [3.05, 3.63) is 19.9 Å². The smallest absolute Gasteiger partial charge is 0.191 e. The van der Waals surface area contributed by atoms with Gasteiger partial charge in [0.2, 0.25) is 0 Å². The average molecular weight is 577 g/mol. The Morgan fingerprint density at radius 2 is 2.17 bits per heavy atom. The molecule has 1 aromatic heterocycles. The zero-order valence-electron chi connectivity index (χ0n) is 14.6. The number of rotatable bonds is 9. The average Bonchev–Trinajstić information content (AvgIpc) is 2.91. The first-order valence-electron chi connectivity index (χ1n) is 8.43. The molecule has 1 aliphatic rings. The van der Waals surface area contributed by atoms with Crippen LogP contribution >= 0.6 is 57.9 Å². The molecule has 0 bridgehead atoms. The number of guanidine groups is 1. The minimum atomic E-state index is 0. The summed E-state index contributed by atoms with van der Waals surface area (Å²) in [5.74, 6) is 0.947. The van der Waals surface area contributed by atoms with Crippen LogP contribution < -0.4 is 10.6 Å². The molecule has 7 heteroatoms. The molecule has 1 saturated carbocycles. The first-order chi connectivity index (χ1) is 11.2. The van der Waals surface area contributed by atoms with E-state index in [1.165, 1.54) is 27.0 Å². The summed E-state index contributed by atoms with van der Waals surface area (Å²) in [6, 6.07) is 4.39. The Labute approximate surface area is 180 Å². The predicted octanol–water partition coefficient (Wildman–Crippen LogP) is 4.28. The third-order valence-corrected chi connectivity index (χ3v) is 6.41. The van der Waals surface area contributed by atoms with Crippen molar-refractivity contribution >= 4 is 63.9 Å². The molecule has 1 aliphatic carbocycles. The Hall–Kier alpha value is 0.390. The molecule has 0 unspecified atom stereocenters. The Balaban J connectivity index is 0.00000288. The Kier molecular flexibility index (Phi) is 11.1. The summed E-state index contributed by atoms with van der Waals surface area (Å²) in [6.07, 6.45) is 6.08. The van der Waals surface area contributed by atoms with Crippen molar-refractivity contribution in [3.8, 4) is 0 Å². The molecular weight excluding hydrogens is 548 g/mol. The monoisotopic (exact) mass is 577 g/mol. The van der Waals surface area contributed by atoms with Gasteiger partial charge in [-0.25, -0.2) is 0 Å². The van der Waals surface area contributed by atoms with Gasteiger partial charge in [-0.3, -0.25) is 4.99 Å². The van der Waals surface area contributed by atoms with Gasteiger partial charge in [-0.1, -0.05) is 6.42 Å². The van der Waals surface area contributed by atoms with Crippen LogP contribution in [0, 0.1) is 8.30 Å². The molecule has 1 fully saturated rings. The lowest BCUT2D eigenvalue weighted by Crippen LogP contribution is -2.40. The predicted molar refractivity (Wildman–Crippen MR) is 123 cm³/mol. The molecule has 24 heavy (non-hydrogen) atoms. The first-order valence-corrected chi connectivity index (χ1v) is 10.3. The van der Waals surface area contributed by atoms with Crippen LogP contribution in [0.2, 0.25) is 0 Å². The molecule has 1 aromatic rings. The molecule has 0 radical (unpaired) electrons. The second-order valence-corrected chi connectivity index (χ2v) is 9.24. The molecule has 0 amide bonds. The number of aliphatic imine (C=N–C) groups is 1. The number of hydrogen-bond acceptors (Lipinski definition) is 3. The number of thiophene rings is 1. The van der Waals surface area contributed by atoms with Crippen LogP contribution in [0.4, 0.5) is 0 Å². The van der Waals surface area contributed by atoms with E-state index in [-0.39, 0.29) is 24.0 Å². The number of halogens is 2. The standard InChI is InChI=1S/C17H28IN3OS.HI/c1-3-19-16(20-11-7-14-5-6-15(18)23-14)21-13-17(8-4-9-17)10-12-22-2;/h5-6H,3-4,7-13H2,1-2H3,(H2,19,20,21);1H. The summed E-state index contributed by atoms with van der Waals surface area (Å²) in [4.78, 5) is 6.26. The zero-order chi connectivity index (χ0) is 16.5. The van der Waals surface area contributed by atoms with Crippen molar-refractivity contribution in [2.45, 2.75) is 39.0 Å². The van der Waals surface area contributed by atoms with Crippen LogP contribution in [0.1, 0.15) is 37.5 Å². The fourth-order valence-electron chi connectivity index (χ4n) is 2.86. The second-order valence-electron chi connectivity index (χ2n) is 6.17. The van der Waals surface area contributed by atoms with E-state index in [2.05, 4.69) is 52.3 Å². The molecular formula is C17H29I2N3OS. The number of nitrogens with one attached hydrogen (secondary N) is 2. The van der Waals surface area contributed by atoms with Crippen LogP contribution in [-0.2, 0) is 11.2 Å². The number of ether oxygens (including phenoxy) is 1. The maximum absolute atomic E-state index is 5.26. The lowest BCUT2D eigenvalue weighted by molar-refractivity contribution is 0.0778. The summed E-state index contributed by atoms with van der Waals surface area (Å²) >= 11 is 4.24. The normalized spacial score (nSPS) is 16.2. The number of hydrogen-bond donors (Lipinski definition) is 2. The molecule has 4 nitrogen and oxygen atoms in total. The fraction of sp³-hybridized carbons (Fsp3) is 0.706. The van der Waals surface area contributed by atoms with Crippen molar-refractivity contribution in [3.63, 3.8) is 0 Å². The van der Waals surface area contributed by atoms with Crippen LogP contribution in [0.3, 0.4) is 0 Å². The van der Waals surface area contributed by atoms with Gasteiger partial charge >= 0.3 is 0 Å². The van der Waals surface area contributed by atoms with Crippen molar-refractivity contribution in [2.24, 2.45) is 10.4 Å². The molecule has 138 valence electrons. The van der Waals surface area contributed by atoms with Gasteiger partial charge in [0.15, 0.2) is 5.96 Å². The molecule has 0 aromatic carbocycles. The molecule has 1 heterocycles. The van der Waals surface area contributed by atoms with Gasteiger partial charge in [-0.05, 0) is 72.7 Å². The number of nitrogens with zero attached hydrogens (tertiary/aromatic N) is 1. The Morgan fingerprint density at radius 3 is 2.71 bits per heavy atom. The zero-order valence-corrected chi connectivity index (χ0v) is 19.9. The van der Waals surface area contributed by atoms with Crippen molar-refractivity contribution in [1.29, 1.82) is 0 Å². The van der Waals surface area contributed by atoms with Gasteiger partial charge in [0.1, 0.15) is 0 Å². The molecule has 0 spiro atoms. The summed E-state index contributed by atoms with van der Waals surface area (Å²) in [5.41, 5.74) is 0.377. The Morgan fingerprint density at radius 1 is 1.38 bits per heavy atom. The maximum Gasteiger partial charge on any atom is 0.191 e. The Bertz CT molecular complexity index is 504. The fourth-order valence-corrected chi connectivity index (χ4v) is 4.62. The topological polar surface area (TPSA) is 45.7 Å². The summed E-state index contributed by atoms with van der Waals surface area (Å²) in [7, 11) is 1.78. The van der Waals surface area contributed by atoms with Gasteiger partial charge in [0.25, 0.3) is 0 Å². The van der Waals surface area contributed by atoms with E-state index in [1.54, 1.807) is 7.11 Å². The second kappa shape index (κ2) is 11.9. The highest BCUT2D eigenvalue weighted by atomic mass is 127. The third-order valence-electron chi connectivity index (χ3n) is 4.46. The number of methoxy groups -OCH3 is 1. The maximum atomic E-state index is 5.26. The van der Waals surface area contributed by atoms with Gasteiger partial charge in [0, 0.05) is 38.2 Å². The van der Waals surface area contributed by atoms with E-state index in [0.29, 0.717) is 5.41 Å². The summed E-state index contributed by atoms with van der Waals surface area (Å²) in [5, 5.41) is 6.83. The summed E-state index contributed by atoms with van der Waals surface area (Å²) < 4.78 is 6.61. The SMILES string of the molecule is CCNC(=NCC1(CCOC)CCC1)NCCc1ccc(I)s1.I. The molecule has 0 atom stereocenters. The lowest BCUT2D eigenvalue weighted by Gasteiger charge is -2.40. The third kappa shape index (κ3) is 7.33. The van der Waals surface area contributed by atoms with E-state index in [4.69, 9.17) is 9.73 Å². The largest absolute Gasteiger partial charge is 0.385 e. The summed E-state index contributed by atoms with van der Waals surface area (Å²) in [6.45, 7) is 5.68.